The molecule has 2 nitrogen and oxygen atoms in total. The van der Waals surface area contributed by atoms with E-state index >= 15 is 0 Å². The van der Waals surface area contributed by atoms with Gasteiger partial charge in [-0.25, -0.2) is 4.39 Å². The van der Waals surface area contributed by atoms with E-state index in [2.05, 4.69) is 15.9 Å². The highest BCUT2D eigenvalue weighted by molar-refractivity contribution is 9.10. The Hall–Kier alpha value is -0.160. The van der Waals surface area contributed by atoms with Crippen molar-refractivity contribution < 1.29 is 9.50 Å². The van der Waals surface area contributed by atoms with E-state index in [1.165, 1.54) is 6.07 Å². The SMILES string of the molecule is CN(C)CC(O)c1ccc(Br)c(Cl)c1F. The summed E-state index contributed by atoms with van der Waals surface area (Å²) in [5.41, 5.74) is 0.219. The second-order valence-corrected chi connectivity index (χ2v) is 4.77. The van der Waals surface area contributed by atoms with Crippen LogP contribution >= 0.6 is 27.5 Å². The third kappa shape index (κ3) is 3.14. The van der Waals surface area contributed by atoms with Crippen molar-refractivity contribution in [1.82, 2.24) is 4.90 Å². The van der Waals surface area contributed by atoms with Crippen LogP contribution in [0.1, 0.15) is 11.7 Å². The van der Waals surface area contributed by atoms with Crippen LogP contribution in [0.5, 0.6) is 0 Å². The van der Waals surface area contributed by atoms with Crippen LogP contribution < -0.4 is 0 Å². The zero-order valence-electron chi connectivity index (χ0n) is 8.47. The van der Waals surface area contributed by atoms with Gasteiger partial charge < -0.3 is 10.0 Å². The quantitative estimate of drug-likeness (QED) is 0.867. The van der Waals surface area contributed by atoms with Crippen LogP contribution in [0, 0.1) is 5.82 Å². The van der Waals surface area contributed by atoms with Crippen molar-refractivity contribution in [3.05, 3.63) is 33.0 Å². The molecule has 1 N–H and O–H groups in total. The summed E-state index contributed by atoms with van der Waals surface area (Å²) >= 11 is 8.83. The zero-order chi connectivity index (χ0) is 11.6. The monoisotopic (exact) mass is 295 g/mol. The molecule has 0 radical (unpaired) electrons. The fraction of sp³-hybridized carbons (Fsp3) is 0.400. The molecule has 84 valence electrons. The van der Waals surface area contributed by atoms with Gasteiger partial charge in [-0.05, 0) is 36.1 Å². The number of benzene rings is 1. The molecular formula is C10H12BrClFNO. The fourth-order valence-electron chi connectivity index (χ4n) is 1.24. The van der Waals surface area contributed by atoms with Crippen molar-refractivity contribution in [2.45, 2.75) is 6.10 Å². The first-order valence-electron chi connectivity index (χ1n) is 4.39. The number of nitrogens with zero attached hydrogens (tertiary/aromatic N) is 1. The summed E-state index contributed by atoms with van der Waals surface area (Å²) in [7, 11) is 3.61. The van der Waals surface area contributed by atoms with Gasteiger partial charge in [0.05, 0.1) is 11.1 Å². The molecule has 0 amide bonds. The molecule has 0 saturated carbocycles. The first-order chi connectivity index (χ1) is 6.93. The van der Waals surface area contributed by atoms with Crippen LogP contribution in [-0.4, -0.2) is 30.6 Å². The topological polar surface area (TPSA) is 23.5 Å². The molecule has 1 rings (SSSR count). The Labute approximate surface area is 102 Å². The maximum Gasteiger partial charge on any atom is 0.148 e. The summed E-state index contributed by atoms with van der Waals surface area (Å²) in [5, 5.41) is 9.74. The van der Waals surface area contributed by atoms with Gasteiger partial charge in [-0.15, -0.1) is 0 Å². The van der Waals surface area contributed by atoms with Crippen LogP contribution in [0.4, 0.5) is 4.39 Å². The normalized spacial score (nSPS) is 13.3. The van der Waals surface area contributed by atoms with E-state index in [9.17, 15) is 9.50 Å². The summed E-state index contributed by atoms with van der Waals surface area (Å²) in [6, 6.07) is 3.15. The summed E-state index contributed by atoms with van der Waals surface area (Å²) in [6.45, 7) is 0.356. The maximum absolute atomic E-state index is 13.6. The Morgan fingerprint density at radius 3 is 2.67 bits per heavy atom. The number of hydrogen-bond donors (Lipinski definition) is 1. The van der Waals surface area contributed by atoms with E-state index in [1.807, 2.05) is 14.1 Å². The highest BCUT2D eigenvalue weighted by Crippen LogP contribution is 2.30. The smallest absolute Gasteiger partial charge is 0.148 e. The van der Waals surface area contributed by atoms with Crippen molar-refractivity contribution >= 4 is 27.5 Å². The summed E-state index contributed by atoms with van der Waals surface area (Å²) in [5.74, 6) is -0.569. The molecule has 0 aromatic heterocycles. The van der Waals surface area contributed by atoms with E-state index in [0.29, 0.717) is 11.0 Å². The van der Waals surface area contributed by atoms with E-state index in [-0.39, 0.29) is 10.6 Å². The van der Waals surface area contributed by atoms with Gasteiger partial charge in [0.15, 0.2) is 0 Å². The predicted octanol–water partition coefficient (Wildman–Crippen LogP) is 2.84. The predicted molar refractivity (Wildman–Crippen MR) is 62.6 cm³/mol. The lowest BCUT2D eigenvalue weighted by molar-refractivity contribution is 0.134. The van der Waals surface area contributed by atoms with Crippen molar-refractivity contribution in [1.29, 1.82) is 0 Å². The van der Waals surface area contributed by atoms with Crippen LogP contribution in [0.2, 0.25) is 5.02 Å². The molecule has 0 aliphatic carbocycles. The van der Waals surface area contributed by atoms with Gasteiger partial charge in [-0.3, -0.25) is 0 Å². The van der Waals surface area contributed by atoms with E-state index in [4.69, 9.17) is 11.6 Å². The summed E-state index contributed by atoms with van der Waals surface area (Å²) < 4.78 is 14.1. The molecule has 1 aromatic rings. The first kappa shape index (κ1) is 12.9. The van der Waals surface area contributed by atoms with Crippen LogP contribution in [0.15, 0.2) is 16.6 Å². The van der Waals surface area contributed by atoms with Crippen molar-refractivity contribution in [3.63, 3.8) is 0 Å². The highest BCUT2D eigenvalue weighted by Gasteiger charge is 2.17. The third-order valence-corrected chi connectivity index (χ3v) is 3.22. The minimum atomic E-state index is -0.870. The lowest BCUT2D eigenvalue weighted by atomic mass is 10.1. The van der Waals surface area contributed by atoms with Crippen molar-refractivity contribution in [2.24, 2.45) is 0 Å². The lowest BCUT2D eigenvalue weighted by Gasteiger charge is -2.17. The Balaban J connectivity index is 3.00. The lowest BCUT2D eigenvalue weighted by Crippen LogP contribution is -2.20. The molecule has 0 saturated heterocycles. The van der Waals surface area contributed by atoms with Gasteiger partial charge in [0.25, 0.3) is 0 Å². The molecule has 1 unspecified atom stereocenters. The Bertz CT molecular complexity index is 360. The molecular weight excluding hydrogens is 284 g/mol. The van der Waals surface area contributed by atoms with Gasteiger partial charge in [0.2, 0.25) is 0 Å². The summed E-state index contributed by atoms with van der Waals surface area (Å²) in [6.07, 6.45) is -0.870. The van der Waals surface area contributed by atoms with Crippen LogP contribution in [0.25, 0.3) is 0 Å². The van der Waals surface area contributed by atoms with E-state index < -0.39 is 11.9 Å². The van der Waals surface area contributed by atoms with Crippen LogP contribution in [-0.2, 0) is 0 Å². The number of hydrogen-bond acceptors (Lipinski definition) is 2. The fourth-order valence-corrected chi connectivity index (χ4v) is 1.72. The van der Waals surface area contributed by atoms with E-state index in [1.54, 1.807) is 11.0 Å². The second kappa shape index (κ2) is 5.25. The maximum atomic E-state index is 13.6. The molecule has 0 fully saturated rings. The molecule has 0 aliphatic rings. The Morgan fingerprint density at radius 2 is 2.13 bits per heavy atom. The average Bonchev–Trinajstić information content (AvgIpc) is 2.13. The molecule has 1 atom stereocenters. The van der Waals surface area contributed by atoms with Gasteiger partial charge in [0.1, 0.15) is 5.82 Å². The standard InChI is InChI=1S/C10H12BrClFNO/c1-14(2)5-8(15)6-3-4-7(11)9(12)10(6)13/h3-4,8,15H,5H2,1-2H3. The van der Waals surface area contributed by atoms with Gasteiger partial charge in [-0.2, -0.15) is 0 Å². The number of rotatable bonds is 3. The van der Waals surface area contributed by atoms with Gasteiger partial charge in [-0.1, -0.05) is 17.7 Å². The minimum absolute atomic E-state index is 0.00491. The largest absolute Gasteiger partial charge is 0.387 e. The zero-order valence-corrected chi connectivity index (χ0v) is 10.8. The number of halogens is 3. The average molecular weight is 297 g/mol. The number of likely N-dealkylation sites (N-methyl/N-ethyl adjacent to an activating group) is 1. The number of aliphatic hydroxyl groups excluding tert-OH is 1. The molecule has 5 heteroatoms. The summed E-state index contributed by atoms with van der Waals surface area (Å²) in [4.78, 5) is 1.78. The minimum Gasteiger partial charge on any atom is -0.387 e. The molecule has 0 heterocycles. The molecule has 0 bridgehead atoms. The number of aliphatic hydroxyl groups is 1. The van der Waals surface area contributed by atoms with Crippen molar-refractivity contribution in [3.8, 4) is 0 Å². The molecule has 0 spiro atoms. The van der Waals surface area contributed by atoms with Gasteiger partial charge >= 0.3 is 0 Å². The van der Waals surface area contributed by atoms with Crippen molar-refractivity contribution in [2.75, 3.05) is 20.6 Å². The highest BCUT2D eigenvalue weighted by atomic mass is 79.9. The molecule has 0 aliphatic heterocycles. The molecule has 1 aromatic carbocycles. The van der Waals surface area contributed by atoms with Crippen LogP contribution in [0.3, 0.4) is 0 Å². The third-order valence-electron chi connectivity index (χ3n) is 1.96. The van der Waals surface area contributed by atoms with E-state index in [0.717, 1.165) is 0 Å². The Kier molecular flexibility index (Phi) is 4.52. The molecule has 15 heavy (non-hydrogen) atoms. The first-order valence-corrected chi connectivity index (χ1v) is 5.56. The second-order valence-electron chi connectivity index (χ2n) is 3.54. The van der Waals surface area contributed by atoms with Gasteiger partial charge in [0, 0.05) is 16.6 Å². The Morgan fingerprint density at radius 1 is 1.53 bits per heavy atom.